The molecule has 64 heavy (non-hydrogen) atoms. The maximum Gasteiger partial charge on any atom is 0.160 e. The van der Waals surface area contributed by atoms with Crippen LogP contribution < -0.4 is 0 Å². The third kappa shape index (κ3) is 5.89. The molecular formula is C59H39N3OS. The topological polar surface area (TPSA) is 42.8 Å². The summed E-state index contributed by atoms with van der Waals surface area (Å²) in [5.41, 5.74) is 12.3. The van der Waals surface area contributed by atoms with Crippen LogP contribution in [0.5, 0.6) is 0 Å². The first-order valence-corrected chi connectivity index (χ1v) is 22.8. The van der Waals surface area contributed by atoms with E-state index in [1.165, 1.54) is 47.3 Å². The molecule has 3 aromatic heterocycles. The van der Waals surface area contributed by atoms with Crippen LogP contribution in [0.4, 0.5) is 0 Å². The van der Waals surface area contributed by atoms with Crippen LogP contribution >= 0.6 is 11.3 Å². The Balaban J connectivity index is 1.08. The summed E-state index contributed by atoms with van der Waals surface area (Å²) < 4.78 is 11.7. The Morgan fingerprint density at radius 2 is 1.17 bits per heavy atom. The molecule has 0 amide bonds. The van der Waals surface area contributed by atoms with Crippen molar-refractivity contribution in [1.29, 1.82) is 0 Å². The molecule has 0 saturated carbocycles. The normalized spacial score (nSPS) is 15.5. The van der Waals surface area contributed by atoms with Gasteiger partial charge < -0.3 is 8.98 Å². The monoisotopic (exact) mass is 837 g/mol. The molecule has 4 nitrogen and oxygen atoms in total. The second-order valence-electron chi connectivity index (χ2n) is 16.9. The fraction of sp³-hybridized carbons (Fsp3) is 0.0508. The van der Waals surface area contributed by atoms with E-state index in [9.17, 15) is 0 Å². The van der Waals surface area contributed by atoms with Gasteiger partial charge >= 0.3 is 0 Å². The van der Waals surface area contributed by atoms with Crippen molar-refractivity contribution < 1.29 is 4.42 Å². The summed E-state index contributed by atoms with van der Waals surface area (Å²) in [5.74, 6) is 0.757. The van der Waals surface area contributed by atoms with Gasteiger partial charge in [-0.15, -0.1) is 11.3 Å². The van der Waals surface area contributed by atoms with Gasteiger partial charge in [0.15, 0.2) is 5.84 Å². The van der Waals surface area contributed by atoms with E-state index in [1.54, 1.807) is 0 Å². The number of rotatable bonds is 5. The summed E-state index contributed by atoms with van der Waals surface area (Å²) in [6.07, 6.45) is 3.09. The Kier molecular flexibility index (Phi) is 8.40. The fourth-order valence-electron chi connectivity index (χ4n) is 9.94. The minimum atomic E-state index is 0.0827. The predicted octanol–water partition coefficient (Wildman–Crippen LogP) is 16.2. The molecule has 13 rings (SSSR count). The maximum absolute atomic E-state index is 6.65. The van der Waals surface area contributed by atoms with Crippen molar-refractivity contribution in [2.75, 3.05) is 0 Å². The van der Waals surface area contributed by atoms with Crippen molar-refractivity contribution in [2.45, 2.75) is 13.3 Å². The Bertz CT molecular complexity index is 3940. The van der Waals surface area contributed by atoms with Gasteiger partial charge in [0.05, 0.1) is 28.1 Å². The van der Waals surface area contributed by atoms with Crippen LogP contribution in [0.1, 0.15) is 30.0 Å². The van der Waals surface area contributed by atoms with E-state index in [0.717, 1.165) is 78.7 Å². The van der Waals surface area contributed by atoms with Gasteiger partial charge in [-0.3, -0.25) is 0 Å². The van der Waals surface area contributed by atoms with Gasteiger partial charge in [0.25, 0.3) is 0 Å². The number of nitrogens with zero attached hydrogens (tertiary/aromatic N) is 3. The second-order valence-corrected chi connectivity index (χ2v) is 18.0. The average Bonchev–Trinajstić information content (AvgIpc) is 4.01. The number of para-hydroxylation sites is 2. The Labute approximate surface area is 373 Å². The molecule has 0 spiro atoms. The lowest BCUT2D eigenvalue weighted by Gasteiger charge is -2.21. The molecule has 302 valence electrons. The molecule has 0 aliphatic carbocycles. The minimum Gasteiger partial charge on any atom is -0.456 e. The highest BCUT2D eigenvalue weighted by molar-refractivity contribution is 7.25. The predicted molar refractivity (Wildman–Crippen MR) is 272 cm³/mol. The van der Waals surface area contributed by atoms with Crippen molar-refractivity contribution in [2.24, 2.45) is 15.9 Å². The number of thiophene rings is 1. The zero-order valence-corrected chi connectivity index (χ0v) is 35.8. The number of aliphatic imine (C=N–C) groups is 2. The highest BCUT2D eigenvalue weighted by Gasteiger charge is 2.26. The average molecular weight is 838 g/mol. The molecule has 1 atom stereocenters. The van der Waals surface area contributed by atoms with E-state index in [0.29, 0.717) is 5.84 Å². The van der Waals surface area contributed by atoms with Crippen LogP contribution in [-0.4, -0.2) is 16.1 Å². The Hall–Kier alpha value is -7.86. The van der Waals surface area contributed by atoms with Crippen LogP contribution in [0.3, 0.4) is 0 Å². The number of fused-ring (bicyclic) bond motifs is 10. The summed E-state index contributed by atoms with van der Waals surface area (Å²) in [5, 5.41) is 9.51. The van der Waals surface area contributed by atoms with Crippen molar-refractivity contribution >= 4 is 103 Å². The molecule has 0 saturated heterocycles. The first kappa shape index (κ1) is 36.8. The summed E-state index contributed by atoms with van der Waals surface area (Å²) in [4.78, 5) is 11.4. The first-order valence-electron chi connectivity index (χ1n) is 21.9. The molecule has 1 aliphatic rings. The lowest BCUT2D eigenvalue weighted by atomic mass is 9.92. The molecule has 9 aromatic carbocycles. The molecular weight excluding hydrogens is 799 g/mol. The quantitative estimate of drug-likeness (QED) is 0.170. The van der Waals surface area contributed by atoms with E-state index < -0.39 is 0 Å². The Morgan fingerprint density at radius 1 is 0.500 bits per heavy atom. The third-order valence-corrected chi connectivity index (χ3v) is 14.2. The van der Waals surface area contributed by atoms with Gasteiger partial charge in [0, 0.05) is 58.8 Å². The number of allylic oxidation sites excluding steroid dienone is 1. The summed E-state index contributed by atoms with van der Waals surface area (Å²) in [7, 11) is 0. The smallest absolute Gasteiger partial charge is 0.160 e. The number of benzene rings is 9. The number of furan rings is 1. The van der Waals surface area contributed by atoms with E-state index >= 15 is 0 Å². The first-order chi connectivity index (χ1) is 31.6. The van der Waals surface area contributed by atoms with Gasteiger partial charge in [-0.1, -0.05) is 159 Å². The van der Waals surface area contributed by atoms with Gasteiger partial charge in [-0.25, -0.2) is 9.98 Å². The van der Waals surface area contributed by atoms with E-state index in [4.69, 9.17) is 14.4 Å². The van der Waals surface area contributed by atoms with E-state index in [2.05, 4.69) is 206 Å². The third-order valence-electron chi connectivity index (χ3n) is 13.1. The number of hydrogen-bond donors (Lipinski definition) is 0. The highest BCUT2D eigenvalue weighted by atomic mass is 32.1. The molecule has 4 heterocycles. The van der Waals surface area contributed by atoms with Gasteiger partial charge in [0.1, 0.15) is 11.2 Å². The largest absolute Gasteiger partial charge is 0.456 e. The number of amidine groups is 1. The molecule has 1 aliphatic heterocycles. The molecule has 12 aromatic rings. The van der Waals surface area contributed by atoms with Crippen LogP contribution in [0.25, 0.3) is 97.2 Å². The summed E-state index contributed by atoms with van der Waals surface area (Å²) >= 11 is 1.84. The van der Waals surface area contributed by atoms with Crippen LogP contribution in [0, 0.1) is 5.92 Å². The van der Waals surface area contributed by atoms with Crippen LogP contribution in [-0.2, 0) is 0 Å². The van der Waals surface area contributed by atoms with Gasteiger partial charge in [-0.2, -0.15) is 0 Å². The standard InChI is InChI=1S/C59H39N3OS/c1-36-23-30-48(60-59(39-26-24-38(25-27-39)37-13-3-2-4-14-37)61-58(36)42-28-29-45-44-18-9-12-22-54(44)64-55(45)35-42)57-50(31-32-53-56(57)46-19-8-11-21-52(46)63-53)62-49-20-10-7-17-43(49)47-33-40-15-5-6-16-41(40)34-51(47)62/h2-22,24-36H,23H2,1H3/b48-30+,60-59?,61-58?. The van der Waals surface area contributed by atoms with E-state index in [-0.39, 0.29) is 5.92 Å². The molecule has 1 unspecified atom stereocenters. The van der Waals surface area contributed by atoms with Gasteiger partial charge in [-0.05, 0) is 82.4 Å². The van der Waals surface area contributed by atoms with Crippen molar-refractivity contribution in [3.05, 3.63) is 217 Å². The van der Waals surface area contributed by atoms with Crippen molar-refractivity contribution in [3.8, 4) is 16.8 Å². The molecule has 0 N–H and O–H groups in total. The fourth-order valence-corrected chi connectivity index (χ4v) is 11.1. The van der Waals surface area contributed by atoms with Crippen molar-refractivity contribution in [1.82, 2.24) is 4.57 Å². The highest BCUT2D eigenvalue weighted by Crippen LogP contribution is 2.44. The molecule has 0 radical (unpaired) electrons. The lowest BCUT2D eigenvalue weighted by molar-refractivity contribution is 0.669. The molecule has 5 heteroatoms. The zero-order valence-electron chi connectivity index (χ0n) is 35.0. The zero-order chi connectivity index (χ0) is 42.3. The lowest BCUT2D eigenvalue weighted by Crippen LogP contribution is -2.17. The van der Waals surface area contributed by atoms with Gasteiger partial charge in [0.2, 0.25) is 0 Å². The molecule has 0 fully saturated rings. The van der Waals surface area contributed by atoms with Crippen LogP contribution in [0.2, 0.25) is 0 Å². The maximum atomic E-state index is 6.65. The number of hydrogen-bond acceptors (Lipinski definition) is 4. The summed E-state index contributed by atoms with van der Waals surface area (Å²) in [6, 6.07) is 69.6. The molecule has 0 bridgehead atoms. The second kappa shape index (κ2) is 14.6. The van der Waals surface area contributed by atoms with Crippen molar-refractivity contribution in [3.63, 3.8) is 0 Å². The summed E-state index contributed by atoms with van der Waals surface area (Å²) in [6.45, 7) is 2.30. The minimum absolute atomic E-state index is 0.0827. The van der Waals surface area contributed by atoms with Crippen LogP contribution in [0.15, 0.2) is 215 Å². The SMILES string of the molecule is CC1C/C=C(\c2c(-n3c4ccccc4c4cc5ccccc5cc43)ccc3oc4ccccc4c23)N=C(c2ccc(-c3ccccc3)cc2)N=C1c1ccc2c(c1)sc1ccccc12. The Morgan fingerprint density at radius 3 is 2.03 bits per heavy atom. The van der Waals surface area contributed by atoms with E-state index in [1.807, 2.05) is 17.4 Å². The number of aromatic nitrogens is 1.